The van der Waals surface area contributed by atoms with Crippen LogP contribution in [0.15, 0.2) is 0 Å². The molecule has 74 valence electrons. The summed E-state index contributed by atoms with van der Waals surface area (Å²) < 4.78 is 10.3. The van der Waals surface area contributed by atoms with Crippen molar-refractivity contribution in [1.82, 2.24) is 0 Å². The quantitative estimate of drug-likeness (QED) is 0.468. The Morgan fingerprint density at radius 1 is 1.62 bits per heavy atom. The maximum absolute atomic E-state index is 10.7. The first-order valence-electron chi connectivity index (χ1n) is 4.24. The number of hydrogen-bond acceptors (Lipinski definition) is 4. The molecular formula is C8H13NO4. The van der Waals surface area contributed by atoms with Crippen LogP contribution in [0.25, 0.3) is 0 Å². The van der Waals surface area contributed by atoms with Crippen molar-refractivity contribution < 1.29 is 19.1 Å². The van der Waals surface area contributed by atoms with Crippen molar-refractivity contribution in [2.24, 2.45) is 5.73 Å². The number of hydrogen-bond donors (Lipinski definition) is 1. The highest BCUT2D eigenvalue weighted by molar-refractivity contribution is 5.79. The second-order valence-electron chi connectivity index (χ2n) is 2.86. The molecule has 1 aliphatic rings. The molecule has 0 saturated carbocycles. The Labute approximate surface area is 76.2 Å². The van der Waals surface area contributed by atoms with Crippen molar-refractivity contribution in [2.45, 2.75) is 31.7 Å². The fourth-order valence-corrected chi connectivity index (χ4v) is 1.19. The Hall–Kier alpha value is -0.940. The van der Waals surface area contributed by atoms with Gasteiger partial charge in [-0.25, -0.2) is 0 Å². The molecule has 1 unspecified atom stereocenters. The standard InChI is InChI=1S/C8H13NO4/c9-8(11)6-2-3-7(13-6)12-5-1-4-10/h4,6-7H,1-3,5H2,(H2,9,11)/t6-,7?/m0/s1. The van der Waals surface area contributed by atoms with Crippen LogP contribution < -0.4 is 5.73 Å². The number of aldehydes is 1. The minimum absolute atomic E-state index is 0.333. The van der Waals surface area contributed by atoms with Crippen molar-refractivity contribution in [3.63, 3.8) is 0 Å². The summed E-state index contributed by atoms with van der Waals surface area (Å²) in [5.41, 5.74) is 5.04. The molecule has 1 aliphatic heterocycles. The average molecular weight is 187 g/mol. The predicted molar refractivity (Wildman–Crippen MR) is 43.7 cm³/mol. The van der Waals surface area contributed by atoms with Crippen LogP contribution in [-0.4, -0.2) is 31.2 Å². The second kappa shape index (κ2) is 4.94. The number of ether oxygens (including phenoxy) is 2. The molecule has 5 nitrogen and oxygen atoms in total. The molecule has 1 amide bonds. The van der Waals surface area contributed by atoms with Gasteiger partial charge >= 0.3 is 0 Å². The van der Waals surface area contributed by atoms with Gasteiger partial charge in [-0.15, -0.1) is 0 Å². The van der Waals surface area contributed by atoms with Crippen molar-refractivity contribution in [3.8, 4) is 0 Å². The summed E-state index contributed by atoms with van der Waals surface area (Å²) in [5, 5.41) is 0. The lowest BCUT2D eigenvalue weighted by Gasteiger charge is -2.11. The van der Waals surface area contributed by atoms with E-state index in [0.717, 1.165) is 6.29 Å². The summed E-state index contributed by atoms with van der Waals surface area (Å²) in [6.45, 7) is 0.333. The molecule has 0 aromatic carbocycles. The third kappa shape index (κ3) is 3.12. The number of carbonyl (C=O) groups excluding carboxylic acids is 2. The Morgan fingerprint density at radius 2 is 2.38 bits per heavy atom. The van der Waals surface area contributed by atoms with Gasteiger partial charge in [0.05, 0.1) is 6.61 Å². The number of carbonyl (C=O) groups is 2. The maximum atomic E-state index is 10.7. The van der Waals surface area contributed by atoms with E-state index in [9.17, 15) is 9.59 Å². The summed E-state index contributed by atoms with van der Waals surface area (Å²) in [6.07, 6.45) is 1.48. The van der Waals surface area contributed by atoms with Crippen LogP contribution in [0.2, 0.25) is 0 Å². The molecule has 13 heavy (non-hydrogen) atoms. The molecule has 2 atom stereocenters. The zero-order valence-corrected chi connectivity index (χ0v) is 7.27. The van der Waals surface area contributed by atoms with Crippen LogP contribution in [0.4, 0.5) is 0 Å². The maximum Gasteiger partial charge on any atom is 0.246 e. The number of amides is 1. The third-order valence-electron chi connectivity index (χ3n) is 1.84. The molecule has 0 aliphatic carbocycles. The highest BCUT2D eigenvalue weighted by Crippen LogP contribution is 2.20. The van der Waals surface area contributed by atoms with Gasteiger partial charge < -0.3 is 20.0 Å². The van der Waals surface area contributed by atoms with E-state index in [2.05, 4.69) is 0 Å². The van der Waals surface area contributed by atoms with Crippen LogP contribution in [0.3, 0.4) is 0 Å². The fourth-order valence-electron chi connectivity index (χ4n) is 1.19. The Morgan fingerprint density at radius 3 is 2.92 bits per heavy atom. The molecule has 0 spiro atoms. The highest BCUT2D eigenvalue weighted by atomic mass is 16.7. The molecule has 1 rings (SSSR count). The van der Waals surface area contributed by atoms with E-state index < -0.39 is 12.0 Å². The molecule has 5 heteroatoms. The topological polar surface area (TPSA) is 78.6 Å². The third-order valence-corrected chi connectivity index (χ3v) is 1.84. The predicted octanol–water partition coefficient (Wildman–Crippen LogP) is -0.418. The number of nitrogens with two attached hydrogens (primary N) is 1. The van der Waals surface area contributed by atoms with Gasteiger partial charge in [0.25, 0.3) is 0 Å². The summed E-state index contributed by atoms with van der Waals surface area (Å²) in [7, 11) is 0. The van der Waals surface area contributed by atoms with Gasteiger partial charge in [0.15, 0.2) is 6.29 Å². The van der Waals surface area contributed by atoms with E-state index in [0.29, 0.717) is 25.9 Å². The van der Waals surface area contributed by atoms with E-state index >= 15 is 0 Å². The number of rotatable bonds is 5. The molecule has 1 fully saturated rings. The van der Waals surface area contributed by atoms with Gasteiger partial charge in [-0.2, -0.15) is 0 Å². The molecule has 1 heterocycles. The molecule has 0 radical (unpaired) electrons. The van der Waals surface area contributed by atoms with Crippen molar-refractivity contribution >= 4 is 12.2 Å². The zero-order chi connectivity index (χ0) is 9.68. The number of primary amides is 1. The first-order chi connectivity index (χ1) is 6.24. The van der Waals surface area contributed by atoms with Gasteiger partial charge in [-0.1, -0.05) is 0 Å². The van der Waals surface area contributed by atoms with E-state index in [1.807, 2.05) is 0 Å². The molecule has 0 bridgehead atoms. The summed E-state index contributed by atoms with van der Waals surface area (Å²) >= 11 is 0. The summed E-state index contributed by atoms with van der Waals surface area (Å²) in [5.74, 6) is -0.457. The van der Waals surface area contributed by atoms with Crippen LogP contribution in [-0.2, 0) is 19.1 Å². The van der Waals surface area contributed by atoms with Crippen LogP contribution in [0, 0.1) is 0 Å². The van der Waals surface area contributed by atoms with E-state index in [-0.39, 0.29) is 6.29 Å². The highest BCUT2D eigenvalue weighted by Gasteiger charge is 2.29. The largest absolute Gasteiger partial charge is 0.367 e. The van der Waals surface area contributed by atoms with Crippen LogP contribution in [0.5, 0.6) is 0 Å². The first kappa shape index (κ1) is 10.1. The van der Waals surface area contributed by atoms with Crippen molar-refractivity contribution in [2.75, 3.05) is 6.61 Å². The molecule has 0 aromatic heterocycles. The SMILES string of the molecule is NC(=O)[C@@H]1CCC(OCCC=O)O1. The lowest BCUT2D eigenvalue weighted by Crippen LogP contribution is -2.29. The molecule has 2 N–H and O–H groups in total. The van der Waals surface area contributed by atoms with Crippen LogP contribution in [0.1, 0.15) is 19.3 Å². The zero-order valence-electron chi connectivity index (χ0n) is 7.27. The van der Waals surface area contributed by atoms with Gasteiger partial charge in [0.1, 0.15) is 12.4 Å². The Bertz CT molecular complexity index is 195. The van der Waals surface area contributed by atoms with Crippen LogP contribution >= 0.6 is 0 Å². The summed E-state index contributed by atoms with van der Waals surface area (Å²) in [4.78, 5) is 20.6. The van der Waals surface area contributed by atoms with Gasteiger partial charge in [0, 0.05) is 12.8 Å². The molecule has 1 saturated heterocycles. The fraction of sp³-hybridized carbons (Fsp3) is 0.750. The average Bonchev–Trinajstić information content (AvgIpc) is 2.53. The minimum Gasteiger partial charge on any atom is -0.367 e. The Balaban J connectivity index is 2.17. The molecule has 0 aromatic rings. The molecular weight excluding hydrogens is 174 g/mol. The van der Waals surface area contributed by atoms with Crippen molar-refractivity contribution in [1.29, 1.82) is 0 Å². The lowest BCUT2D eigenvalue weighted by atomic mass is 10.2. The van der Waals surface area contributed by atoms with Gasteiger partial charge in [0.2, 0.25) is 5.91 Å². The summed E-state index contributed by atoms with van der Waals surface area (Å²) in [6, 6.07) is 0. The van der Waals surface area contributed by atoms with Gasteiger partial charge in [-0.3, -0.25) is 4.79 Å². The monoisotopic (exact) mass is 187 g/mol. The lowest BCUT2D eigenvalue weighted by molar-refractivity contribution is -0.153. The second-order valence-corrected chi connectivity index (χ2v) is 2.86. The van der Waals surface area contributed by atoms with E-state index in [4.69, 9.17) is 15.2 Å². The minimum atomic E-state index is -0.527. The van der Waals surface area contributed by atoms with E-state index in [1.54, 1.807) is 0 Å². The van der Waals surface area contributed by atoms with Crippen molar-refractivity contribution in [3.05, 3.63) is 0 Å². The first-order valence-corrected chi connectivity index (χ1v) is 4.24. The van der Waals surface area contributed by atoms with E-state index in [1.165, 1.54) is 0 Å². The smallest absolute Gasteiger partial charge is 0.246 e. The van der Waals surface area contributed by atoms with Gasteiger partial charge in [-0.05, 0) is 6.42 Å². The Kier molecular flexibility index (Phi) is 3.85. The normalized spacial score (nSPS) is 27.4.